The molecule has 0 saturated heterocycles. The lowest BCUT2D eigenvalue weighted by Gasteiger charge is -2.13. The fourth-order valence-electron chi connectivity index (χ4n) is 2.82. The van der Waals surface area contributed by atoms with Crippen LogP contribution in [0.2, 0.25) is 0 Å². The number of benzene rings is 2. The lowest BCUT2D eigenvalue weighted by Crippen LogP contribution is -2.30. The van der Waals surface area contributed by atoms with E-state index in [0.29, 0.717) is 6.54 Å². The molecule has 140 valence electrons. The van der Waals surface area contributed by atoms with Gasteiger partial charge in [-0.15, -0.1) is 10.2 Å². The lowest BCUT2D eigenvalue weighted by molar-refractivity contribution is -0.120. The summed E-state index contributed by atoms with van der Waals surface area (Å²) in [5.41, 5.74) is 3.31. The Hall–Kier alpha value is -2.60. The van der Waals surface area contributed by atoms with Gasteiger partial charge in [0, 0.05) is 18.7 Å². The minimum atomic E-state index is -0.257. The summed E-state index contributed by atoms with van der Waals surface area (Å²) in [6.07, 6.45) is 0. The number of nitrogens with zero attached hydrogens (tertiary/aromatic N) is 3. The maximum absolute atomic E-state index is 12.5. The Bertz CT molecular complexity index is 908. The summed E-state index contributed by atoms with van der Waals surface area (Å²) in [4.78, 5) is 12.5. The van der Waals surface area contributed by atoms with Gasteiger partial charge in [-0.3, -0.25) is 4.79 Å². The van der Waals surface area contributed by atoms with E-state index in [9.17, 15) is 4.79 Å². The average Bonchev–Trinajstić information content (AvgIpc) is 3.09. The van der Waals surface area contributed by atoms with Crippen molar-refractivity contribution in [3.63, 3.8) is 0 Å². The Morgan fingerprint density at radius 2 is 1.81 bits per heavy atom. The van der Waals surface area contributed by atoms with E-state index in [2.05, 4.69) is 46.1 Å². The van der Waals surface area contributed by atoms with Crippen LogP contribution in [0.15, 0.2) is 59.8 Å². The highest BCUT2D eigenvalue weighted by Crippen LogP contribution is 2.28. The quantitative estimate of drug-likeness (QED) is 0.628. The molecule has 1 atom stereocenters. The largest absolute Gasteiger partial charge is 0.351 e. The molecular weight excluding hydrogens is 356 g/mol. The highest BCUT2D eigenvalue weighted by Gasteiger charge is 2.20. The second-order valence-corrected chi connectivity index (χ2v) is 7.64. The van der Waals surface area contributed by atoms with Crippen molar-refractivity contribution in [2.45, 2.75) is 44.3 Å². The van der Waals surface area contributed by atoms with Gasteiger partial charge in [-0.25, -0.2) is 0 Å². The standard InChI is InChI=1S/C21H24N4OS/c1-4-25-19(18-13-9-8-10-15(18)2)23-24-21(25)27-16(3)20(26)22-14-17-11-6-5-7-12-17/h5-13,16H,4,14H2,1-3H3,(H,22,26)/t16-/m0/s1. The van der Waals surface area contributed by atoms with Crippen molar-refractivity contribution >= 4 is 17.7 Å². The predicted octanol–water partition coefficient (Wildman–Crippen LogP) is 4.07. The number of thioether (sulfide) groups is 1. The minimum absolute atomic E-state index is 0.00746. The van der Waals surface area contributed by atoms with Crippen LogP contribution in [0.25, 0.3) is 11.4 Å². The van der Waals surface area contributed by atoms with Gasteiger partial charge < -0.3 is 9.88 Å². The molecule has 1 heterocycles. The third-order valence-electron chi connectivity index (χ3n) is 4.38. The van der Waals surface area contributed by atoms with Crippen LogP contribution in [0.3, 0.4) is 0 Å². The molecule has 0 aliphatic carbocycles. The van der Waals surface area contributed by atoms with E-state index in [1.165, 1.54) is 11.8 Å². The highest BCUT2D eigenvalue weighted by molar-refractivity contribution is 8.00. The first-order valence-electron chi connectivity index (χ1n) is 9.07. The van der Waals surface area contributed by atoms with Crippen molar-refractivity contribution in [1.29, 1.82) is 0 Å². The molecule has 1 N–H and O–H groups in total. The third-order valence-corrected chi connectivity index (χ3v) is 5.46. The van der Waals surface area contributed by atoms with Gasteiger partial charge in [0.1, 0.15) is 0 Å². The van der Waals surface area contributed by atoms with Crippen molar-refractivity contribution in [2.75, 3.05) is 0 Å². The van der Waals surface area contributed by atoms with Gasteiger partial charge in [-0.2, -0.15) is 0 Å². The van der Waals surface area contributed by atoms with Gasteiger partial charge in [0.2, 0.25) is 5.91 Å². The number of amides is 1. The molecule has 0 bridgehead atoms. The zero-order chi connectivity index (χ0) is 19.2. The Kier molecular flexibility index (Phi) is 6.29. The molecule has 0 saturated carbocycles. The van der Waals surface area contributed by atoms with E-state index in [-0.39, 0.29) is 11.2 Å². The molecule has 6 heteroatoms. The summed E-state index contributed by atoms with van der Waals surface area (Å²) in [5.74, 6) is 0.835. The Morgan fingerprint density at radius 1 is 1.11 bits per heavy atom. The van der Waals surface area contributed by atoms with Crippen molar-refractivity contribution in [3.05, 3.63) is 65.7 Å². The summed E-state index contributed by atoms with van der Waals surface area (Å²) in [6.45, 7) is 7.30. The Labute approximate surface area is 164 Å². The second-order valence-electron chi connectivity index (χ2n) is 6.33. The molecule has 2 aromatic carbocycles. The van der Waals surface area contributed by atoms with Crippen molar-refractivity contribution in [1.82, 2.24) is 20.1 Å². The fraction of sp³-hybridized carbons (Fsp3) is 0.286. The average molecular weight is 381 g/mol. The first-order chi connectivity index (χ1) is 13.1. The molecule has 5 nitrogen and oxygen atoms in total. The summed E-state index contributed by atoms with van der Waals surface area (Å²) in [6, 6.07) is 18.0. The summed E-state index contributed by atoms with van der Waals surface area (Å²) in [5, 5.41) is 12.2. The number of hydrogen-bond acceptors (Lipinski definition) is 4. The van der Waals surface area contributed by atoms with Gasteiger partial charge in [0.25, 0.3) is 0 Å². The van der Waals surface area contributed by atoms with Crippen molar-refractivity contribution < 1.29 is 4.79 Å². The molecule has 1 aromatic heterocycles. The normalized spacial score (nSPS) is 12.0. The summed E-state index contributed by atoms with van der Waals surface area (Å²) < 4.78 is 2.06. The molecular formula is C21H24N4OS. The van der Waals surface area contributed by atoms with E-state index in [1.807, 2.05) is 49.4 Å². The topological polar surface area (TPSA) is 59.8 Å². The van der Waals surface area contributed by atoms with E-state index in [0.717, 1.165) is 34.2 Å². The van der Waals surface area contributed by atoms with Crippen LogP contribution in [-0.4, -0.2) is 25.9 Å². The molecule has 0 aliphatic rings. The van der Waals surface area contributed by atoms with E-state index in [1.54, 1.807) is 0 Å². The molecule has 0 spiro atoms. The van der Waals surface area contributed by atoms with Crippen LogP contribution < -0.4 is 5.32 Å². The van der Waals surface area contributed by atoms with E-state index >= 15 is 0 Å². The van der Waals surface area contributed by atoms with Crippen LogP contribution in [0.1, 0.15) is 25.0 Å². The summed E-state index contributed by atoms with van der Waals surface area (Å²) in [7, 11) is 0. The molecule has 0 unspecified atom stereocenters. The van der Waals surface area contributed by atoms with Gasteiger partial charge in [0.05, 0.1) is 5.25 Å². The smallest absolute Gasteiger partial charge is 0.233 e. The highest BCUT2D eigenvalue weighted by atomic mass is 32.2. The number of nitrogens with one attached hydrogen (secondary N) is 1. The van der Waals surface area contributed by atoms with Crippen LogP contribution in [0.5, 0.6) is 0 Å². The fourth-order valence-corrected chi connectivity index (χ4v) is 3.76. The number of carbonyl (C=O) groups excluding carboxylic acids is 1. The van der Waals surface area contributed by atoms with E-state index in [4.69, 9.17) is 0 Å². The predicted molar refractivity (Wildman–Crippen MR) is 109 cm³/mol. The first kappa shape index (κ1) is 19.2. The van der Waals surface area contributed by atoms with Gasteiger partial charge in [0.15, 0.2) is 11.0 Å². The van der Waals surface area contributed by atoms with Crippen molar-refractivity contribution in [2.24, 2.45) is 0 Å². The third kappa shape index (κ3) is 4.57. The van der Waals surface area contributed by atoms with Crippen LogP contribution in [-0.2, 0) is 17.9 Å². The number of hydrogen-bond donors (Lipinski definition) is 1. The molecule has 0 aliphatic heterocycles. The van der Waals surface area contributed by atoms with E-state index < -0.39 is 0 Å². The van der Waals surface area contributed by atoms with Crippen LogP contribution >= 0.6 is 11.8 Å². The first-order valence-corrected chi connectivity index (χ1v) is 9.95. The molecule has 1 amide bonds. The molecule has 27 heavy (non-hydrogen) atoms. The molecule has 3 rings (SSSR count). The zero-order valence-corrected chi connectivity index (χ0v) is 16.7. The lowest BCUT2D eigenvalue weighted by atomic mass is 10.1. The maximum atomic E-state index is 12.5. The zero-order valence-electron chi connectivity index (χ0n) is 15.8. The van der Waals surface area contributed by atoms with Crippen LogP contribution in [0.4, 0.5) is 0 Å². The number of aromatic nitrogens is 3. The Morgan fingerprint density at radius 3 is 2.52 bits per heavy atom. The summed E-state index contributed by atoms with van der Waals surface area (Å²) >= 11 is 1.44. The molecule has 3 aromatic rings. The minimum Gasteiger partial charge on any atom is -0.351 e. The number of aryl methyl sites for hydroxylation is 1. The van der Waals surface area contributed by atoms with Gasteiger partial charge in [-0.05, 0) is 31.9 Å². The SMILES string of the molecule is CCn1c(S[C@@H](C)C(=O)NCc2ccccc2)nnc1-c1ccccc1C. The van der Waals surface area contributed by atoms with Gasteiger partial charge >= 0.3 is 0 Å². The maximum Gasteiger partial charge on any atom is 0.233 e. The molecule has 0 radical (unpaired) electrons. The number of carbonyl (C=O) groups is 1. The molecule has 0 fully saturated rings. The van der Waals surface area contributed by atoms with Crippen LogP contribution in [0, 0.1) is 6.92 Å². The Balaban J connectivity index is 1.70. The van der Waals surface area contributed by atoms with Crippen molar-refractivity contribution in [3.8, 4) is 11.4 Å². The monoisotopic (exact) mass is 380 g/mol. The number of rotatable bonds is 7. The van der Waals surface area contributed by atoms with Gasteiger partial charge in [-0.1, -0.05) is 66.4 Å². The second kappa shape index (κ2) is 8.86.